The van der Waals surface area contributed by atoms with Gasteiger partial charge in [-0.3, -0.25) is 14.4 Å². The zero-order chi connectivity index (χ0) is 32.1. The highest BCUT2D eigenvalue weighted by atomic mass is 32.2. The zero-order valence-corrected chi connectivity index (χ0v) is 27.0. The van der Waals surface area contributed by atoms with Crippen LogP contribution >= 0.6 is 0 Å². The topological polar surface area (TPSA) is 99.2 Å². The van der Waals surface area contributed by atoms with E-state index in [0.29, 0.717) is 19.6 Å². The van der Waals surface area contributed by atoms with Gasteiger partial charge < -0.3 is 14.7 Å². The van der Waals surface area contributed by atoms with E-state index in [1.807, 2.05) is 39.1 Å². The number of nitrogens with zero attached hydrogens (tertiary/aromatic N) is 2. The Morgan fingerprint density at radius 2 is 1.62 bits per heavy atom. The molecule has 45 heavy (non-hydrogen) atoms. The van der Waals surface area contributed by atoms with Crippen LogP contribution in [-0.2, 0) is 16.6 Å². The molecule has 236 valence electrons. The summed E-state index contributed by atoms with van der Waals surface area (Å²) in [5, 5.41) is 10.00. The molecule has 1 amide bonds. The van der Waals surface area contributed by atoms with Crippen molar-refractivity contribution in [2.24, 2.45) is 5.92 Å². The summed E-state index contributed by atoms with van der Waals surface area (Å²) in [7, 11) is -1.94. The predicted molar refractivity (Wildman–Crippen MR) is 178 cm³/mol. The van der Waals surface area contributed by atoms with Gasteiger partial charge in [-0.05, 0) is 61.9 Å². The number of aliphatic hydroxyl groups excluding tert-OH is 1. The molecule has 1 aliphatic heterocycles. The van der Waals surface area contributed by atoms with E-state index < -0.39 is 16.1 Å². The maximum Gasteiger partial charge on any atom is 0.262 e. The average Bonchev–Trinajstić information content (AvgIpc) is 3.03. The largest absolute Gasteiger partial charge is 0.486 e. The number of rotatable bonds is 10. The fourth-order valence-corrected chi connectivity index (χ4v) is 6.64. The lowest BCUT2D eigenvalue weighted by Crippen LogP contribution is -2.49. The van der Waals surface area contributed by atoms with Gasteiger partial charge in [-0.1, -0.05) is 85.3 Å². The monoisotopic (exact) mass is 627 g/mol. The van der Waals surface area contributed by atoms with Gasteiger partial charge in [-0.2, -0.15) is 0 Å². The molecule has 0 saturated carbocycles. The van der Waals surface area contributed by atoms with Crippen LogP contribution in [0.3, 0.4) is 0 Å². The minimum atomic E-state index is -3.96. The van der Waals surface area contributed by atoms with Crippen molar-refractivity contribution in [2.75, 3.05) is 31.5 Å². The lowest BCUT2D eigenvalue weighted by atomic mass is 9.98. The molecule has 4 aromatic rings. The van der Waals surface area contributed by atoms with Gasteiger partial charge in [-0.15, -0.1) is 0 Å². The molecule has 0 aromatic heterocycles. The van der Waals surface area contributed by atoms with Gasteiger partial charge in [-0.25, -0.2) is 8.42 Å². The Hall–Kier alpha value is -4.18. The molecule has 4 aromatic carbocycles. The highest BCUT2D eigenvalue weighted by Gasteiger charge is 2.35. The van der Waals surface area contributed by atoms with Gasteiger partial charge in [0.05, 0.1) is 28.8 Å². The number of anilines is 1. The molecule has 5 rings (SSSR count). The van der Waals surface area contributed by atoms with E-state index in [2.05, 4.69) is 46.0 Å². The first-order chi connectivity index (χ1) is 21.6. The Labute approximate surface area is 266 Å². The van der Waals surface area contributed by atoms with Gasteiger partial charge in [0.25, 0.3) is 15.9 Å². The molecule has 1 heterocycles. The number of para-hydroxylation sites is 1. The van der Waals surface area contributed by atoms with Crippen LogP contribution in [0, 0.1) is 12.8 Å². The number of amides is 1. The van der Waals surface area contributed by atoms with E-state index in [1.54, 1.807) is 54.3 Å². The molecule has 0 unspecified atom stereocenters. The van der Waals surface area contributed by atoms with Gasteiger partial charge in [0.2, 0.25) is 0 Å². The van der Waals surface area contributed by atoms with E-state index in [-0.39, 0.29) is 46.4 Å². The van der Waals surface area contributed by atoms with Gasteiger partial charge in [0.1, 0.15) is 6.10 Å². The lowest BCUT2D eigenvalue weighted by Gasteiger charge is -2.38. The zero-order valence-electron chi connectivity index (χ0n) is 26.2. The van der Waals surface area contributed by atoms with Crippen molar-refractivity contribution in [2.45, 2.75) is 44.4 Å². The molecule has 2 N–H and O–H groups in total. The molecule has 3 atom stereocenters. The van der Waals surface area contributed by atoms with Gasteiger partial charge in [0.15, 0.2) is 5.75 Å². The number of carbonyl (C=O) groups excluding carboxylic acids is 1. The van der Waals surface area contributed by atoms with Gasteiger partial charge in [0, 0.05) is 25.6 Å². The number of likely N-dealkylation sites (N-methyl/N-ethyl adjacent to an activating group) is 1. The van der Waals surface area contributed by atoms with Crippen LogP contribution in [0.15, 0.2) is 102 Å². The normalized spacial score (nSPS) is 17.6. The summed E-state index contributed by atoms with van der Waals surface area (Å²) in [6, 6.07) is 29.8. The summed E-state index contributed by atoms with van der Waals surface area (Å²) in [5.74, 6) is -0.258. The second-order valence-corrected chi connectivity index (χ2v) is 13.7. The van der Waals surface area contributed by atoms with Gasteiger partial charge >= 0.3 is 0 Å². The van der Waals surface area contributed by atoms with Crippen molar-refractivity contribution < 1.29 is 23.1 Å². The molecule has 1 aliphatic rings. The number of hydrogen-bond donors (Lipinski definition) is 2. The summed E-state index contributed by atoms with van der Waals surface area (Å²) in [5.41, 5.74) is 4.84. The third kappa shape index (κ3) is 7.56. The Kier molecular flexibility index (Phi) is 9.92. The standard InChI is InChI=1S/C36H41N3O5S/c1-25-13-19-31(20-14-25)45(42,43)37-33-12-8-11-32-35(33)44-34(26(2)21-39(36(32)41)27(3)24-40)23-38(4)22-28-15-17-30(18-16-28)29-9-6-5-7-10-29/h5-20,26-27,34,37,40H,21-24H2,1-4H3/t26-,27-,34+/m0/s1. The summed E-state index contributed by atoms with van der Waals surface area (Å²) in [4.78, 5) is 17.7. The van der Waals surface area contributed by atoms with E-state index in [0.717, 1.165) is 22.3 Å². The second kappa shape index (κ2) is 13.9. The number of aliphatic hydroxyl groups is 1. The van der Waals surface area contributed by atoms with E-state index in [4.69, 9.17) is 4.74 Å². The van der Waals surface area contributed by atoms with E-state index in [9.17, 15) is 18.3 Å². The number of hydrogen-bond acceptors (Lipinski definition) is 6. The van der Waals surface area contributed by atoms with Crippen molar-refractivity contribution in [3.63, 3.8) is 0 Å². The van der Waals surface area contributed by atoms with Crippen molar-refractivity contribution in [3.8, 4) is 16.9 Å². The minimum absolute atomic E-state index is 0.112. The number of sulfonamides is 1. The van der Waals surface area contributed by atoms with Crippen LogP contribution in [0.25, 0.3) is 11.1 Å². The fourth-order valence-electron chi connectivity index (χ4n) is 5.58. The van der Waals surface area contributed by atoms with Crippen molar-refractivity contribution >= 4 is 21.6 Å². The Morgan fingerprint density at radius 1 is 0.956 bits per heavy atom. The number of fused-ring (bicyclic) bond motifs is 1. The predicted octanol–water partition coefficient (Wildman–Crippen LogP) is 5.81. The van der Waals surface area contributed by atoms with Crippen LogP contribution in [0.5, 0.6) is 5.75 Å². The van der Waals surface area contributed by atoms with Crippen LogP contribution < -0.4 is 9.46 Å². The first kappa shape index (κ1) is 32.2. The third-order valence-corrected chi connectivity index (χ3v) is 9.65. The first-order valence-electron chi connectivity index (χ1n) is 15.2. The van der Waals surface area contributed by atoms with Crippen LogP contribution in [-0.4, -0.2) is 68.1 Å². The first-order valence-corrected chi connectivity index (χ1v) is 16.7. The van der Waals surface area contributed by atoms with Crippen molar-refractivity contribution in [1.82, 2.24) is 9.80 Å². The molecule has 8 nitrogen and oxygen atoms in total. The summed E-state index contributed by atoms with van der Waals surface area (Å²) >= 11 is 0. The van der Waals surface area contributed by atoms with E-state index >= 15 is 0 Å². The van der Waals surface area contributed by atoms with Crippen LogP contribution in [0.2, 0.25) is 0 Å². The fraction of sp³-hybridized carbons (Fsp3) is 0.306. The summed E-state index contributed by atoms with van der Waals surface area (Å²) in [6.45, 7) is 7.09. The van der Waals surface area contributed by atoms with Crippen LogP contribution in [0.1, 0.15) is 35.3 Å². The highest BCUT2D eigenvalue weighted by molar-refractivity contribution is 7.92. The number of aryl methyl sites for hydroxylation is 1. The average molecular weight is 628 g/mol. The number of carbonyl (C=O) groups is 1. The lowest BCUT2D eigenvalue weighted by molar-refractivity contribution is 0.0344. The highest BCUT2D eigenvalue weighted by Crippen LogP contribution is 2.36. The SMILES string of the molecule is Cc1ccc(S(=O)(=O)Nc2cccc3c2O[C@H](CN(C)Cc2ccc(-c4ccccc4)cc2)[C@@H](C)CN([C@@H](C)CO)C3=O)cc1. The van der Waals surface area contributed by atoms with Crippen molar-refractivity contribution in [3.05, 3.63) is 114 Å². The molecule has 0 bridgehead atoms. The molecule has 0 radical (unpaired) electrons. The Morgan fingerprint density at radius 3 is 2.29 bits per heavy atom. The minimum Gasteiger partial charge on any atom is -0.486 e. The molecular formula is C36H41N3O5S. The Bertz CT molecular complexity index is 1710. The molecule has 0 aliphatic carbocycles. The van der Waals surface area contributed by atoms with Crippen molar-refractivity contribution in [1.29, 1.82) is 0 Å². The quantitative estimate of drug-likeness (QED) is 0.230. The van der Waals surface area contributed by atoms with E-state index in [1.165, 1.54) is 0 Å². The smallest absolute Gasteiger partial charge is 0.262 e. The third-order valence-electron chi connectivity index (χ3n) is 8.27. The molecule has 0 spiro atoms. The molecular weight excluding hydrogens is 586 g/mol. The Balaban J connectivity index is 1.42. The maximum atomic E-state index is 13.8. The summed E-state index contributed by atoms with van der Waals surface area (Å²) in [6.07, 6.45) is -0.385. The summed E-state index contributed by atoms with van der Waals surface area (Å²) < 4.78 is 36.1. The number of ether oxygens (including phenoxy) is 1. The second-order valence-electron chi connectivity index (χ2n) is 12.0. The maximum absolute atomic E-state index is 13.8. The number of benzene rings is 4. The number of nitrogens with one attached hydrogen (secondary N) is 1. The molecule has 0 fully saturated rings. The molecule has 0 saturated heterocycles. The molecule has 9 heteroatoms. The van der Waals surface area contributed by atoms with Crippen LogP contribution in [0.4, 0.5) is 5.69 Å².